The summed E-state index contributed by atoms with van der Waals surface area (Å²) in [6.45, 7) is 10.3. The van der Waals surface area contributed by atoms with Gasteiger partial charge in [-0.1, -0.05) is 30.3 Å². The molecule has 1 saturated heterocycles. The Balaban J connectivity index is 1.61. The van der Waals surface area contributed by atoms with Gasteiger partial charge in [-0.05, 0) is 42.8 Å². The highest BCUT2D eigenvalue weighted by molar-refractivity contribution is 6.31. The second-order valence-electron chi connectivity index (χ2n) is 8.91. The van der Waals surface area contributed by atoms with E-state index in [4.69, 9.17) is 30.2 Å². The molecule has 0 aliphatic carbocycles. The van der Waals surface area contributed by atoms with Gasteiger partial charge in [0.1, 0.15) is 12.2 Å². The monoisotopic (exact) mass is 524 g/mol. The zero-order chi connectivity index (χ0) is 25.9. The zero-order valence-electron chi connectivity index (χ0n) is 20.7. The molecule has 1 unspecified atom stereocenters. The van der Waals surface area contributed by atoms with Crippen molar-refractivity contribution in [2.75, 3.05) is 52.6 Å². The fourth-order valence-electron chi connectivity index (χ4n) is 4.87. The second-order valence-corrected chi connectivity index (χ2v) is 9.34. The Morgan fingerprint density at radius 1 is 1.08 bits per heavy atom. The van der Waals surface area contributed by atoms with Gasteiger partial charge >= 0.3 is 0 Å². The SMILES string of the molecule is C=CCOc1ccc(C2c3c(oc4ccc(Cl)cc4c3=O)C(=O)N2CCN2CCOCC2)cc1OCC. The highest BCUT2D eigenvalue weighted by atomic mass is 35.5. The topological polar surface area (TPSA) is 81.5 Å². The standard InChI is InChI=1S/C28H29ClN2O6/c1-3-13-36-22-7-5-18(16-23(22)35-4-2)25-24-26(32)20-17-19(29)6-8-21(20)37-27(24)28(33)31(25)10-9-30-11-14-34-15-12-30/h3,5-8,16-17,25H,1,4,9-15H2,2H3. The van der Waals surface area contributed by atoms with E-state index in [-0.39, 0.29) is 17.1 Å². The number of nitrogens with zero attached hydrogens (tertiary/aromatic N) is 2. The van der Waals surface area contributed by atoms with Crippen LogP contribution < -0.4 is 14.9 Å². The van der Waals surface area contributed by atoms with Gasteiger partial charge in [-0.25, -0.2) is 0 Å². The van der Waals surface area contributed by atoms with Crippen molar-refractivity contribution in [3.8, 4) is 11.5 Å². The number of morpholine rings is 1. The number of hydrogen-bond donors (Lipinski definition) is 0. The molecule has 1 fully saturated rings. The van der Waals surface area contributed by atoms with E-state index in [0.29, 0.717) is 72.6 Å². The van der Waals surface area contributed by atoms with Gasteiger partial charge in [-0.15, -0.1) is 0 Å². The summed E-state index contributed by atoms with van der Waals surface area (Å²) in [5.41, 5.74) is 1.11. The van der Waals surface area contributed by atoms with E-state index in [1.807, 2.05) is 19.1 Å². The van der Waals surface area contributed by atoms with Crippen molar-refractivity contribution < 1.29 is 23.4 Å². The Kier molecular flexibility index (Phi) is 7.50. The van der Waals surface area contributed by atoms with Crippen LogP contribution in [0.3, 0.4) is 0 Å². The molecule has 5 rings (SSSR count). The predicted molar refractivity (Wildman–Crippen MR) is 141 cm³/mol. The minimum absolute atomic E-state index is 0.0664. The molecule has 37 heavy (non-hydrogen) atoms. The molecule has 1 amide bonds. The van der Waals surface area contributed by atoms with Gasteiger partial charge in [0, 0.05) is 31.2 Å². The van der Waals surface area contributed by atoms with Crippen LogP contribution in [0, 0.1) is 0 Å². The summed E-state index contributed by atoms with van der Waals surface area (Å²) >= 11 is 6.19. The van der Waals surface area contributed by atoms with Crippen molar-refractivity contribution in [1.29, 1.82) is 0 Å². The molecule has 0 radical (unpaired) electrons. The molecule has 8 nitrogen and oxygen atoms in total. The maximum Gasteiger partial charge on any atom is 0.290 e. The van der Waals surface area contributed by atoms with Crippen molar-refractivity contribution >= 4 is 28.5 Å². The number of ether oxygens (including phenoxy) is 3. The van der Waals surface area contributed by atoms with Gasteiger partial charge in [0.2, 0.25) is 5.76 Å². The highest BCUT2D eigenvalue weighted by Crippen LogP contribution is 2.41. The summed E-state index contributed by atoms with van der Waals surface area (Å²) in [5.74, 6) is 0.847. The van der Waals surface area contributed by atoms with Crippen LogP contribution in [0.1, 0.15) is 34.6 Å². The second kappa shape index (κ2) is 11.0. The largest absolute Gasteiger partial charge is 0.490 e. The number of carbonyl (C=O) groups is 1. The van der Waals surface area contributed by atoms with Crippen molar-refractivity contribution in [3.63, 3.8) is 0 Å². The van der Waals surface area contributed by atoms with Gasteiger partial charge in [0.25, 0.3) is 5.91 Å². The van der Waals surface area contributed by atoms with Crippen molar-refractivity contribution in [1.82, 2.24) is 9.80 Å². The normalized spacial score (nSPS) is 17.7. The van der Waals surface area contributed by atoms with Crippen molar-refractivity contribution in [2.24, 2.45) is 0 Å². The highest BCUT2D eigenvalue weighted by Gasteiger charge is 2.43. The number of carbonyl (C=O) groups excluding carboxylic acids is 1. The zero-order valence-corrected chi connectivity index (χ0v) is 21.5. The molecular weight excluding hydrogens is 496 g/mol. The Hall–Kier alpha value is -3.33. The van der Waals surface area contributed by atoms with E-state index in [1.165, 1.54) is 0 Å². The van der Waals surface area contributed by atoms with E-state index in [9.17, 15) is 9.59 Å². The lowest BCUT2D eigenvalue weighted by Crippen LogP contribution is -2.42. The Bertz CT molecular complexity index is 1380. The Morgan fingerprint density at radius 3 is 2.65 bits per heavy atom. The quantitative estimate of drug-likeness (QED) is 0.386. The van der Waals surface area contributed by atoms with Crippen LogP contribution in [-0.4, -0.2) is 68.3 Å². The van der Waals surface area contributed by atoms with E-state index in [1.54, 1.807) is 35.2 Å². The summed E-state index contributed by atoms with van der Waals surface area (Å²) in [6.07, 6.45) is 1.66. The Labute approximate surface area is 220 Å². The van der Waals surface area contributed by atoms with Crippen LogP contribution in [0.15, 0.2) is 58.3 Å². The van der Waals surface area contributed by atoms with Crippen LogP contribution in [0.4, 0.5) is 0 Å². The molecule has 194 valence electrons. The third-order valence-corrected chi connectivity index (χ3v) is 6.86. The number of rotatable bonds is 9. The molecule has 2 aliphatic heterocycles. The number of hydrogen-bond acceptors (Lipinski definition) is 7. The van der Waals surface area contributed by atoms with Crippen LogP contribution >= 0.6 is 11.6 Å². The van der Waals surface area contributed by atoms with E-state index in [0.717, 1.165) is 18.7 Å². The van der Waals surface area contributed by atoms with Crippen molar-refractivity contribution in [2.45, 2.75) is 13.0 Å². The molecule has 3 aromatic rings. The van der Waals surface area contributed by atoms with E-state index in [2.05, 4.69) is 11.5 Å². The van der Waals surface area contributed by atoms with Crippen molar-refractivity contribution in [3.05, 3.63) is 81.2 Å². The third kappa shape index (κ3) is 4.97. The first-order chi connectivity index (χ1) is 18.0. The first kappa shape index (κ1) is 25.3. The predicted octanol–water partition coefficient (Wildman–Crippen LogP) is 4.29. The lowest BCUT2D eigenvalue weighted by molar-refractivity contribution is 0.0314. The third-order valence-electron chi connectivity index (χ3n) is 6.63. The van der Waals surface area contributed by atoms with Gasteiger partial charge in [-0.3, -0.25) is 14.5 Å². The fraction of sp³-hybridized carbons (Fsp3) is 0.357. The molecule has 0 spiro atoms. The van der Waals surface area contributed by atoms with Crippen LogP contribution in [0.5, 0.6) is 11.5 Å². The minimum Gasteiger partial charge on any atom is -0.490 e. The van der Waals surface area contributed by atoms with Crippen LogP contribution in [0.2, 0.25) is 5.02 Å². The fourth-order valence-corrected chi connectivity index (χ4v) is 5.05. The maximum absolute atomic E-state index is 13.8. The molecule has 9 heteroatoms. The van der Waals surface area contributed by atoms with Gasteiger partial charge in [0.15, 0.2) is 16.9 Å². The lowest BCUT2D eigenvalue weighted by atomic mass is 9.98. The molecule has 0 bridgehead atoms. The molecule has 2 aliphatic rings. The minimum atomic E-state index is -0.643. The smallest absolute Gasteiger partial charge is 0.290 e. The average Bonchev–Trinajstić information content (AvgIpc) is 3.19. The molecule has 2 aromatic carbocycles. The molecule has 0 saturated carbocycles. The molecule has 0 N–H and O–H groups in total. The summed E-state index contributed by atoms with van der Waals surface area (Å²) in [7, 11) is 0. The van der Waals surface area contributed by atoms with Gasteiger partial charge in [-0.2, -0.15) is 0 Å². The first-order valence-corrected chi connectivity index (χ1v) is 12.8. The molecular formula is C28H29ClN2O6. The number of halogens is 1. The van der Waals surface area contributed by atoms with Crippen LogP contribution in [0.25, 0.3) is 11.0 Å². The van der Waals surface area contributed by atoms with Gasteiger partial charge < -0.3 is 23.5 Å². The van der Waals surface area contributed by atoms with Crippen LogP contribution in [-0.2, 0) is 4.74 Å². The maximum atomic E-state index is 13.8. The first-order valence-electron chi connectivity index (χ1n) is 12.4. The molecule has 3 heterocycles. The number of amides is 1. The summed E-state index contributed by atoms with van der Waals surface area (Å²) in [5, 5.41) is 0.766. The Morgan fingerprint density at radius 2 is 1.89 bits per heavy atom. The summed E-state index contributed by atoms with van der Waals surface area (Å²) < 4.78 is 23.1. The number of fused-ring (bicyclic) bond motifs is 2. The average molecular weight is 525 g/mol. The lowest BCUT2D eigenvalue weighted by Gasteiger charge is -2.31. The summed E-state index contributed by atoms with van der Waals surface area (Å²) in [6, 6.07) is 9.69. The van der Waals surface area contributed by atoms with E-state index < -0.39 is 6.04 Å². The number of benzene rings is 2. The van der Waals surface area contributed by atoms with E-state index >= 15 is 0 Å². The molecule has 1 atom stereocenters. The molecule has 1 aromatic heterocycles. The summed E-state index contributed by atoms with van der Waals surface area (Å²) in [4.78, 5) is 31.4. The van der Waals surface area contributed by atoms with Gasteiger partial charge in [0.05, 0.1) is 36.8 Å².